The summed E-state index contributed by atoms with van der Waals surface area (Å²) in [5, 5.41) is 1.36. The van der Waals surface area contributed by atoms with Gasteiger partial charge in [0.2, 0.25) is 0 Å². The zero-order valence-electron chi connectivity index (χ0n) is 13.4. The van der Waals surface area contributed by atoms with E-state index in [0.717, 1.165) is 23.2 Å². The fourth-order valence-electron chi connectivity index (χ4n) is 3.70. The van der Waals surface area contributed by atoms with E-state index in [1.54, 1.807) is 6.20 Å². The van der Waals surface area contributed by atoms with E-state index in [2.05, 4.69) is 4.98 Å². The van der Waals surface area contributed by atoms with Crippen LogP contribution in [-0.4, -0.2) is 9.55 Å². The molecule has 0 amide bonds. The monoisotopic (exact) mass is 338 g/mol. The Morgan fingerprint density at radius 3 is 2.79 bits per heavy atom. The summed E-state index contributed by atoms with van der Waals surface area (Å²) in [5.41, 5.74) is 2.75. The molecule has 3 nitrogen and oxygen atoms in total. The van der Waals surface area contributed by atoms with Gasteiger partial charge in [-0.05, 0) is 48.6 Å². The number of aromatic nitrogens is 2. The third kappa shape index (κ3) is 2.84. The molecule has 1 fully saturated rings. The highest BCUT2D eigenvalue weighted by Gasteiger charge is 2.18. The zero-order valence-corrected chi connectivity index (χ0v) is 14.2. The van der Waals surface area contributed by atoms with Crippen LogP contribution in [0, 0.1) is 5.92 Å². The largest absolute Gasteiger partial charge is 0.314 e. The number of pyridine rings is 2. The minimum atomic E-state index is 0.0516. The van der Waals surface area contributed by atoms with Crippen molar-refractivity contribution in [2.45, 2.75) is 32.2 Å². The first-order valence-electron chi connectivity index (χ1n) is 8.46. The van der Waals surface area contributed by atoms with Crippen LogP contribution in [0.4, 0.5) is 0 Å². The van der Waals surface area contributed by atoms with Crippen LogP contribution in [0.15, 0.2) is 53.6 Å². The molecule has 0 saturated heterocycles. The third-order valence-electron chi connectivity index (χ3n) is 4.90. The fourth-order valence-corrected chi connectivity index (χ4v) is 3.89. The van der Waals surface area contributed by atoms with E-state index >= 15 is 0 Å². The molecule has 1 aromatic carbocycles. The normalized spacial score (nSPS) is 15.2. The van der Waals surface area contributed by atoms with Crippen LogP contribution in [0.1, 0.15) is 25.7 Å². The smallest absolute Gasteiger partial charge is 0.260 e. The highest BCUT2D eigenvalue weighted by molar-refractivity contribution is 6.30. The highest BCUT2D eigenvalue weighted by atomic mass is 35.5. The molecule has 0 atom stereocenters. The van der Waals surface area contributed by atoms with Crippen LogP contribution < -0.4 is 5.56 Å². The van der Waals surface area contributed by atoms with Gasteiger partial charge in [-0.15, -0.1) is 0 Å². The van der Waals surface area contributed by atoms with Crippen molar-refractivity contribution in [2.24, 2.45) is 5.92 Å². The predicted octanol–water partition coefficient (Wildman–Crippen LogP) is 4.91. The van der Waals surface area contributed by atoms with Gasteiger partial charge in [-0.3, -0.25) is 9.78 Å². The number of benzene rings is 1. The van der Waals surface area contributed by atoms with E-state index < -0.39 is 0 Å². The van der Waals surface area contributed by atoms with E-state index in [9.17, 15) is 4.79 Å². The molecule has 0 unspecified atom stereocenters. The van der Waals surface area contributed by atoms with Gasteiger partial charge in [-0.25, -0.2) is 0 Å². The SMILES string of the molecule is O=c1c2cccnc2c(-c2cccc(Cl)c2)cn1CC1CCCC1. The topological polar surface area (TPSA) is 34.9 Å². The maximum Gasteiger partial charge on any atom is 0.260 e. The van der Waals surface area contributed by atoms with Gasteiger partial charge in [0.1, 0.15) is 0 Å². The molecule has 0 aliphatic heterocycles. The molecule has 4 rings (SSSR count). The van der Waals surface area contributed by atoms with E-state index in [4.69, 9.17) is 11.6 Å². The quantitative estimate of drug-likeness (QED) is 0.680. The van der Waals surface area contributed by atoms with E-state index in [1.165, 1.54) is 25.7 Å². The van der Waals surface area contributed by atoms with Gasteiger partial charge in [-0.2, -0.15) is 0 Å². The molecule has 122 valence electrons. The van der Waals surface area contributed by atoms with E-state index in [-0.39, 0.29) is 5.56 Å². The molecule has 0 radical (unpaired) electrons. The summed E-state index contributed by atoms with van der Waals surface area (Å²) in [4.78, 5) is 17.3. The summed E-state index contributed by atoms with van der Waals surface area (Å²) in [5.74, 6) is 0.601. The highest BCUT2D eigenvalue weighted by Crippen LogP contribution is 2.29. The summed E-state index contributed by atoms with van der Waals surface area (Å²) < 4.78 is 1.87. The first-order valence-corrected chi connectivity index (χ1v) is 8.84. The van der Waals surface area contributed by atoms with Gasteiger partial charge in [-0.1, -0.05) is 36.6 Å². The van der Waals surface area contributed by atoms with Crippen LogP contribution in [0.3, 0.4) is 0 Å². The summed E-state index contributed by atoms with van der Waals surface area (Å²) >= 11 is 6.17. The second-order valence-corrected chi connectivity index (χ2v) is 7.00. The molecule has 1 aliphatic rings. The van der Waals surface area contributed by atoms with Crippen molar-refractivity contribution < 1.29 is 0 Å². The first kappa shape index (κ1) is 15.4. The summed E-state index contributed by atoms with van der Waals surface area (Å²) in [6.07, 6.45) is 8.66. The van der Waals surface area contributed by atoms with Crippen LogP contribution in [0.5, 0.6) is 0 Å². The molecule has 0 bridgehead atoms. The maximum absolute atomic E-state index is 12.9. The molecule has 1 aliphatic carbocycles. The number of fused-ring (bicyclic) bond motifs is 1. The van der Waals surface area contributed by atoms with Crippen molar-refractivity contribution in [1.29, 1.82) is 0 Å². The molecular formula is C20H19ClN2O. The molecular weight excluding hydrogens is 320 g/mol. The van der Waals surface area contributed by atoms with Crippen molar-refractivity contribution >= 4 is 22.5 Å². The standard InChI is InChI=1S/C20H19ClN2O/c21-16-8-3-7-15(11-16)18-13-23(12-14-5-1-2-6-14)20(24)17-9-4-10-22-19(17)18/h3-4,7-11,13-14H,1-2,5-6,12H2. The Kier molecular flexibility index (Phi) is 4.11. The molecule has 3 aromatic rings. The molecule has 24 heavy (non-hydrogen) atoms. The lowest BCUT2D eigenvalue weighted by atomic mass is 10.0. The minimum Gasteiger partial charge on any atom is -0.314 e. The Balaban J connectivity index is 1.91. The number of nitrogens with zero attached hydrogens (tertiary/aromatic N) is 2. The lowest BCUT2D eigenvalue weighted by molar-refractivity contribution is 0.451. The van der Waals surface area contributed by atoms with Crippen molar-refractivity contribution in [3.8, 4) is 11.1 Å². The number of hydrogen-bond acceptors (Lipinski definition) is 2. The second kappa shape index (κ2) is 6.40. The number of halogens is 1. The van der Waals surface area contributed by atoms with Crippen molar-refractivity contribution in [3.05, 3.63) is 64.2 Å². The first-order chi connectivity index (χ1) is 11.7. The van der Waals surface area contributed by atoms with Gasteiger partial charge >= 0.3 is 0 Å². The second-order valence-electron chi connectivity index (χ2n) is 6.56. The minimum absolute atomic E-state index is 0.0516. The summed E-state index contributed by atoms with van der Waals surface area (Å²) in [6.45, 7) is 0.789. The van der Waals surface area contributed by atoms with Crippen LogP contribution in [0.25, 0.3) is 22.0 Å². The van der Waals surface area contributed by atoms with Gasteiger partial charge in [0.05, 0.1) is 10.9 Å². The van der Waals surface area contributed by atoms with Crippen molar-refractivity contribution in [1.82, 2.24) is 9.55 Å². The Labute approximate surface area is 145 Å². The number of rotatable bonds is 3. The molecule has 0 N–H and O–H groups in total. The average molecular weight is 339 g/mol. The molecule has 4 heteroatoms. The Morgan fingerprint density at radius 1 is 1.17 bits per heavy atom. The van der Waals surface area contributed by atoms with Crippen molar-refractivity contribution in [3.63, 3.8) is 0 Å². The van der Waals surface area contributed by atoms with E-state index in [1.807, 2.05) is 47.2 Å². The van der Waals surface area contributed by atoms with Crippen LogP contribution in [-0.2, 0) is 6.54 Å². The third-order valence-corrected chi connectivity index (χ3v) is 5.14. The number of hydrogen-bond donors (Lipinski definition) is 0. The summed E-state index contributed by atoms with van der Waals surface area (Å²) in [7, 11) is 0. The maximum atomic E-state index is 12.9. The molecule has 0 spiro atoms. The molecule has 1 saturated carbocycles. The van der Waals surface area contributed by atoms with Gasteiger partial charge in [0.25, 0.3) is 5.56 Å². The Morgan fingerprint density at radius 2 is 2.00 bits per heavy atom. The molecule has 2 aromatic heterocycles. The lowest BCUT2D eigenvalue weighted by Gasteiger charge is -2.15. The fraction of sp³-hybridized carbons (Fsp3) is 0.300. The van der Waals surface area contributed by atoms with E-state index in [0.29, 0.717) is 16.3 Å². The Bertz CT molecular complexity index is 942. The average Bonchev–Trinajstić information content (AvgIpc) is 3.10. The zero-order chi connectivity index (χ0) is 16.5. The lowest BCUT2D eigenvalue weighted by Crippen LogP contribution is -2.23. The van der Waals surface area contributed by atoms with Gasteiger partial charge in [0, 0.05) is 29.5 Å². The van der Waals surface area contributed by atoms with Gasteiger partial charge in [0.15, 0.2) is 0 Å². The van der Waals surface area contributed by atoms with Gasteiger partial charge < -0.3 is 4.57 Å². The Hall–Kier alpha value is -2.13. The predicted molar refractivity (Wildman–Crippen MR) is 98.4 cm³/mol. The van der Waals surface area contributed by atoms with Crippen molar-refractivity contribution in [2.75, 3.05) is 0 Å². The summed E-state index contributed by atoms with van der Waals surface area (Å²) in [6, 6.07) is 11.4. The molecule has 2 heterocycles. The van der Waals surface area contributed by atoms with Crippen LogP contribution >= 0.6 is 11.6 Å². The van der Waals surface area contributed by atoms with Crippen LogP contribution in [0.2, 0.25) is 5.02 Å².